The van der Waals surface area contributed by atoms with Crippen LogP contribution in [-0.4, -0.2) is 84.3 Å². The Morgan fingerprint density at radius 3 is 1.24 bits per heavy atom. The van der Waals surface area contributed by atoms with Gasteiger partial charge in [-0.2, -0.15) is 0 Å². The molecule has 0 aliphatic heterocycles. The zero-order chi connectivity index (χ0) is 28.0. The molecule has 0 fully saturated rings. The maximum absolute atomic E-state index is 11.5. The van der Waals surface area contributed by atoms with Crippen LogP contribution < -0.4 is 5.32 Å². The maximum Gasteiger partial charge on any atom is 0.407 e. The van der Waals surface area contributed by atoms with Gasteiger partial charge in [-0.25, -0.2) is 4.79 Å². The Balaban J connectivity index is 3.09. The van der Waals surface area contributed by atoms with Crippen LogP contribution in [0.2, 0.25) is 0 Å². The van der Waals surface area contributed by atoms with E-state index in [2.05, 4.69) is 12.2 Å². The van der Waals surface area contributed by atoms with Crippen molar-refractivity contribution in [2.45, 2.75) is 117 Å². The van der Waals surface area contributed by atoms with Crippen molar-refractivity contribution in [3.05, 3.63) is 0 Å². The quantitative estimate of drug-likeness (QED) is 0.105. The first-order valence-electron chi connectivity index (χ1n) is 15.3. The van der Waals surface area contributed by atoms with Gasteiger partial charge in [0.25, 0.3) is 0 Å². The summed E-state index contributed by atoms with van der Waals surface area (Å²) >= 11 is 0. The number of carbonyl (C=O) groups is 1. The van der Waals surface area contributed by atoms with Gasteiger partial charge in [-0.05, 0) is 27.2 Å². The number of alkyl carbamates (subject to hydrolysis) is 1. The molecule has 0 aliphatic carbocycles. The summed E-state index contributed by atoms with van der Waals surface area (Å²) in [5.74, 6) is 0. The lowest BCUT2D eigenvalue weighted by Gasteiger charge is -2.19. The number of carbonyl (C=O) groups excluding carboxylic acids is 1. The number of ether oxygens (including phenoxy) is 6. The van der Waals surface area contributed by atoms with Gasteiger partial charge in [0.1, 0.15) is 5.60 Å². The molecule has 1 amide bonds. The van der Waals surface area contributed by atoms with Crippen LogP contribution in [0.5, 0.6) is 0 Å². The Labute approximate surface area is 234 Å². The molecule has 1 N–H and O–H groups in total. The minimum atomic E-state index is -0.493. The van der Waals surface area contributed by atoms with Gasteiger partial charge in [0.15, 0.2) is 0 Å². The molecule has 0 atom stereocenters. The molecule has 0 radical (unpaired) electrons. The molecule has 38 heavy (non-hydrogen) atoms. The second-order valence-electron chi connectivity index (χ2n) is 10.7. The van der Waals surface area contributed by atoms with Crippen molar-refractivity contribution in [1.82, 2.24) is 5.32 Å². The van der Waals surface area contributed by atoms with Crippen molar-refractivity contribution in [2.75, 3.05) is 72.6 Å². The van der Waals surface area contributed by atoms with Gasteiger partial charge in [0.2, 0.25) is 0 Å². The first kappa shape index (κ1) is 37.1. The average molecular weight is 548 g/mol. The van der Waals surface area contributed by atoms with Crippen LogP contribution in [0.4, 0.5) is 4.79 Å². The monoisotopic (exact) mass is 547 g/mol. The Hall–Kier alpha value is -0.930. The molecule has 0 aromatic rings. The highest BCUT2D eigenvalue weighted by atomic mass is 16.6. The molecule has 0 aromatic heterocycles. The molecule has 0 saturated carbocycles. The van der Waals surface area contributed by atoms with Gasteiger partial charge in [0.05, 0.1) is 59.5 Å². The normalized spacial score (nSPS) is 11.7. The third-order valence-electron chi connectivity index (χ3n) is 5.79. The van der Waals surface area contributed by atoms with Crippen molar-refractivity contribution in [2.24, 2.45) is 0 Å². The smallest absolute Gasteiger partial charge is 0.407 e. The van der Waals surface area contributed by atoms with Gasteiger partial charge >= 0.3 is 6.09 Å². The molecule has 0 rings (SSSR count). The summed E-state index contributed by atoms with van der Waals surface area (Å²) in [5.41, 5.74) is -0.493. The summed E-state index contributed by atoms with van der Waals surface area (Å²) in [6, 6.07) is 0. The number of amides is 1. The highest BCUT2D eigenvalue weighted by Crippen LogP contribution is 2.12. The van der Waals surface area contributed by atoms with Crippen LogP contribution in [0.15, 0.2) is 0 Å². The van der Waals surface area contributed by atoms with Crippen LogP contribution in [0.3, 0.4) is 0 Å². The van der Waals surface area contributed by atoms with Gasteiger partial charge in [-0.3, -0.25) is 0 Å². The van der Waals surface area contributed by atoms with E-state index < -0.39 is 11.7 Å². The zero-order valence-electron chi connectivity index (χ0n) is 25.3. The second kappa shape index (κ2) is 29.1. The van der Waals surface area contributed by atoms with Crippen LogP contribution >= 0.6 is 0 Å². The average Bonchev–Trinajstić information content (AvgIpc) is 2.86. The van der Waals surface area contributed by atoms with Crippen molar-refractivity contribution in [1.29, 1.82) is 0 Å². The number of hydrogen-bond acceptors (Lipinski definition) is 7. The maximum atomic E-state index is 11.5. The Kier molecular flexibility index (Phi) is 28.4. The Morgan fingerprint density at radius 1 is 0.500 bits per heavy atom. The standard InChI is InChI=1S/C30H61NO7/c1-5-6-7-8-9-10-11-12-13-14-15-16-17-19-33-21-23-35-25-27-37-28-26-36-24-22-34-20-18-31-29(32)38-30(2,3)4/h5-28H2,1-4H3,(H,31,32). The summed E-state index contributed by atoms with van der Waals surface area (Å²) in [7, 11) is 0. The van der Waals surface area contributed by atoms with Crippen LogP contribution in [0.1, 0.15) is 111 Å². The predicted octanol–water partition coefficient (Wildman–Crippen LogP) is 6.69. The largest absolute Gasteiger partial charge is 0.444 e. The third-order valence-corrected chi connectivity index (χ3v) is 5.79. The van der Waals surface area contributed by atoms with E-state index in [9.17, 15) is 4.79 Å². The summed E-state index contributed by atoms with van der Waals surface area (Å²) in [4.78, 5) is 11.5. The third kappa shape index (κ3) is 33.1. The van der Waals surface area contributed by atoms with Crippen molar-refractivity contribution >= 4 is 6.09 Å². The van der Waals surface area contributed by atoms with Gasteiger partial charge in [0, 0.05) is 13.2 Å². The molecular formula is C30H61NO7. The molecule has 0 aliphatic rings. The zero-order valence-corrected chi connectivity index (χ0v) is 25.3. The fourth-order valence-electron chi connectivity index (χ4n) is 3.74. The second-order valence-corrected chi connectivity index (χ2v) is 10.7. The Bertz CT molecular complexity index is 486. The fraction of sp³-hybridized carbons (Fsp3) is 0.967. The minimum Gasteiger partial charge on any atom is -0.444 e. The Morgan fingerprint density at radius 2 is 0.842 bits per heavy atom. The van der Waals surface area contributed by atoms with E-state index in [1.165, 1.54) is 77.0 Å². The number of rotatable bonds is 29. The van der Waals surface area contributed by atoms with Gasteiger partial charge < -0.3 is 33.7 Å². The van der Waals surface area contributed by atoms with Crippen LogP contribution in [0, 0.1) is 0 Å². The lowest BCUT2D eigenvalue weighted by Crippen LogP contribution is -2.34. The van der Waals surface area contributed by atoms with E-state index in [0.29, 0.717) is 66.0 Å². The van der Waals surface area contributed by atoms with Crippen LogP contribution in [0.25, 0.3) is 0 Å². The van der Waals surface area contributed by atoms with E-state index in [4.69, 9.17) is 28.4 Å². The lowest BCUT2D eigenvalue weighted by atomic mass is 10.0. The highest BCUT2D eigenvalue weighted by Gasteiger charge is 2.15. The molecule has 0 aromatic carbocycles. The predicted molar refractivity (Wildman–Crippen MR) is 154 cm³/mol. The SMILES string of the molecule is CCCCCCCCCCCCCCCOCCOCCOCCOCCOCCNC(=O)OC(C)(C)C. The number of nitrogens with one attached hydrogen (secondary N) is 1. The topological polar surface area (TPSA) is 84.5 Å². The van der Waals surface area contributed by atoms with Crippen LogP contribution in [-0.2, 0) is 28.4 Å². The molecule has 0 saturated heterocycles. The fourth-order valence-corrected chi connectivity index (χ4v) is 3.74. The van der Waals surface area contributed by atoms with Crippen molar-refractivity contribution in [3.8, 4) is 0 Å². The molecule has 0 bridgehead atoms. The number of unbranched alkanes of at least 4 members (excludes halogenated alkanes) is 12. The molecule has 8 heteroatoms. The van der Waals surface area contributed by atoms with Gasteiger partial charge in [-0.15, -0.1) is 0 Å². The molecule has 0 unspecified atom stereocenters. The minimum absolute atomic E-state index is 0.405. The van der Waals surface area contributed by atoms with E-state index in [1.807, 2.05) is 20.8 Å². The summed E-state index contributed by atoms with van der Waals surface area (Å²) in [6.07, 6.45) is 17.4. The lowest BCUT2D eigenvalue weighted by molar-refractivity contribution is -0.0111. The molecule has 228 valence electrons. The first-order valence-corrected chi connectivity index (χ1v) is 15.3. The molecule has 8 nitrogen and oxygen atoms in total. The van der Waals surface area contributed by atoms with Gasteiger partial charge in [-0.1, -0.05) is 84.0 Å². The number of hydrogen-bond donors (Lipinski definition) is 1. The molecule has 0 spiro atoms. The summed E-state index contributed by atoms with van der Waals surface area (Å²) in [6.45, 7) is 13.8. The summed E-state index contributed by atoms with van der Waals surface area (Å²) in [5, 5.41) is 2.64. The van der Waals surface area contributed by atoms with E-state index >= 15 is 0 Å². The van der Waals surface area contributed by atoms with E-state index in [1.54, 1.807) is 0 Å². The van der Waals surface area contributed by atoms with E-state index in [-0.39, 0.29) is 0 Å². The highest BCUT2D eigenvalue weighted by molar-refractivity contribution is 5.67. The van der Waals surface area contributed by atoms with E-state index in [0.717, 1.165) is 13.0 Å². The molecular weight excluding hydrogens is 486 g/mol. The first-order chi connectivity index (χ1) is 18.5. The van der Waals surface area contributed by atoms with Crippen molar-refractivity contribution < 1.29 is 33.2 Å². The molecule has 0 heterocycles. The van der Waals surface area contributed by atoms with Crippen molar-refractivity contribution in [3.63, 3.8) is 0 Å². The summed E-state index contributed by atoms with van der Waals surface area (Å²) < 4.78 is 32.6.